The van der Waals surface area contributed by atoms with Crippen molar-refractivity contribution >= 4 is 5.96 Å². The first-order valence-electron chi connectivity index (χ1n) is 5.91. The van der Waals surface area contributed by atoms with Gasteiger partial charge in [-0.05, 0) is 18.8 Å². The molecule has 1 aliphatic heterocycles. The second-order valence-corrected chi connectivity index (χ2v) is 4.92. The van der Waals surface area contributed by atoms with Crippen molar-refractivity contribution in [3.05, 3.63) is 0 Å². The highest BCUT2D eigenvalue weighted by atomic mass is 16.3. The molecule has 0 radical (unpaired) electrons. The molecule has 1 fully saturated rings. The van der Waals surface area contributed by atoms with E-state index in [-0.39, 0.29) is 12.1 Å². The summed E-state index contributed by atoms with van der Waals surface area (Å²) >= 11 is 0. The van der Waals surface area contributed by atoms with E-state index in [2.05, 4.69) is 22.5 Å². The zero-order valence-corrected chi connectivity index (χ0v) is 9.42. The molecule has 15 heavy (non-hydrogen) atoms. The van der Waals surface area contributed by atoms with Crippen molar-refractivity contribution in [2.75, 3.05) is 19.7 Å². The number of rotatable bonds is 2. The van der Waals surface area contributed by atoms with Crippen LogP contribution in [0.5, 0.6) is 0 Å². The topological polar surface area (TPSA) is 56.6 Å². The minimum absolute atomic E-state index is 0.131. The molecule has 0 spiro atoms. The van der Waals surface area contributed by atoms with Crippen molar-refractivity contribution in [1.29, 1.82) is 0 Å². The van der Waals surface area contributed by atoms with E-state index in [9.17, 15) is 5.11 Å². The van der Waals surface area contributed by atoms with E-state index in [0.29, 0.717) is 5.92 Å². The van der Waals surface area contributed by atoms with Gasteiger partial charge in [0.15, 0.2) is 5.96 Å². The minimum Gasteiger partial charge on any atom is -0.394 e. The molecule has 0 aromatic rings. The highest BCUT2D eigenvalue weighted by Crippen LogP contribution is 2.31. The third-order valence-corrected chi connectivity index (χ3v) is 3.45. The summed E-state index contributed by atoms with van der Waals surface area (Å²) < 4.78 is 0. The zero-order chi connectivity index (χ0) is 10.7. The number of guanidine groups is 1. The van der Waals surface area contributed by atoms with Gasteiger partial charge in [-0.3, -0.25) is 4.99 Å². The normalized spacial score (nSPS) is 35.9. The first kappa shape index (κ1) is 10.7. The highest BCUT2D eigenvalue weighted by Gasteiger charge is 2.35. The Morgan fingerprint density at radius 3 is 3.13 bits per heavy atom. The maximum absolute atomic E-state index is 9.57. The number of hydrogen-bond donors (Lipinski definition) is 3. The number of nitrogens with zero attached hydrogens (tertiary/aromatic N) is 1. The van der Waals surface area contributed by atoms with E-state index >= 15 is 0 Å². The first-order valence-corrected chi connectivity index (χ1v) is 5.91. The lowest BCUT2D eigenvalue weighted by atomic mass is 9.77. The Hall–Kier alpha value is -0.770. The standard InChI is InChI=1S/C11H21N3O/c1-9-3-2-4-11(7-9,8-15)14-10-12-5-6-13-10/h9,15H,2-8H2,1H3,(H2,12,13,14). The molecule has 4 nitrogen and oxygen atoms in total. The van der Waals surface area contributed by atoms with Crippen molar-refractivity contribution in [3.8, 4) is 0 Å². The Kier molecular flexibility index (Phi) is 3.14. The second-order valence-electron chi connectivity index (χ2n) is 4.92. The fourth-order valence-corrected chi connectivity index (χ4v) is 2.69. The molecular weight excluding hydrogens is 190 g/mol. The van der Waals surface area contributed by atoms with Gasteiger partial charge in [-0.15, -0.1) is 0 Å². The van der Waals surface area contributed by atoms with Crippen LogP contribution in [-0.4, -0.2) is 36.3 Å². The average molecular weight is 211 g/mol. The van der Waals surface area contributed by atoms with E-state index in [1.54, 1.807) is 0 Å². The van der Waals surface area contributed by atoms with Gasteiger partial charge in [-0.1, -0.05) is 19.8 Å². The molecule has 0 saturated heterocycles. The molecule has 86 valence electrons. The van der Waals surface area contributed by atoms with Gasteiger partial charge < -0.3 is 15.7 Å². The largest absolute Gasteiger partial charge is 0.394 e. The monoisotopic (exact) mass is 211 g/mol. The van der Waals surface area contributed by atoms with E-state index in [0.717, 1.165) is 31.9 Å². The lowest BCUT2D eigenvalue weighted by molar-refractivity contribution is 0.116. The molecule has 1 saturated carbocycles. The molecule has 0 aromatic heterocycles. The molecule has 4 heteroatoms. The molecule has 0 aromatic carbocycles. The predicted molar refractivity (Wildman–Crippen MR) is 60.9 cm³/mol. The Morgan fingerprint density at radius 1 is 1.67 bits per heavy atom. The summed E-state index contributed by atoms with van der Waals surface area (Å²) in [6.07, 6.45) is 4.57. The summed E-state index contributed by atoms with van der Waals surface area (Å²) in [5, 5.41) is 16.2. The van der Waals surface area contributed by atoms with Crippen LogP contribution < -0.4 is 10.6 Å². The van der Waals surface area contributed by atoms with E-state index < -0.39 is 0 Å². The van der Waals surface area contributed by atoms with Crippen LogP contribution >= 0.6 is 0 Å². The summed E-state index contributed by atoms with van der Waals surface area (Å²) in [7, 11) is 0. The highest BCUT2D eigenvalue weighted by molar-refractivity contribution is 5.82. The Labute approximate surface area is 91.2 Å². The van der Waals surface area contributed by atoms with Gasteiger partial charge in [0.25, 0.3) is 0 Å². The minimum atomic E-state index is -0.131. The summed E-state index contributed by atoms with van der Waals surface area (Å²) in [5.41, 5.74) is -0.131. The number of hydrogen-bond acceptors (Lipinski definition) is 4. The molecule has 2 unspecified atom stereocenters. The first-order chi connectivity index (χ1) is 7.24. The van der Waals surface area contributed by atoms with Gasteiger partial charge in [-0.2, -0.15) is 0 Å². The van der Waals surface area contributed by atoms with Crippen molar-refractivity contribution in [2.24, 2.45) is 10.9 Å². The third kappa shape index (κ3) is 2.43. The lowest BCUT2D eigenvalue weighted by Crippen LogP contribution is -2.56. The van der Waals surface area contributed by atoms with E-state index in [1.807, 2.05) is 0 Å². The Bertz CT molecular complexity index is 254. The summed E-state index contributed by atoms with van der Waals surface area (Å²) in [4.78, 5) is 4.33. The van der Waals surface area contributed by atoms with Gasteiger partial charge in [0, 0.05) is 6.54 Å². The van der Waals surface area contributed by atoms with Crippen molar-refractivity contribution in [1.82, 2.24) is 10.6 Å². The van der Waals surface area contributed by atoms with Gasteiger partial charge in [0.2, 0.25) is 0 Å². The smallest absolute Gasteiger partial charge is 0.191 e. The third-order valence-electron chi connectivity index (χ3n) is 3.45. The maximum Gasteiger partial charge on any atom is 0.191 e. The van der Waals surface area contributed by atoms with Crippen LogP contribution in [0, 0.1) is 5.92 Å². The van der Waals surface area contributed by atoms with E-state index in [4.69, 9.17) is 0 Å². The molecule has 0 bridgehead atoms. The molecule has 2 rings (SSSR count). The van der Waals surface area contributed by atoms with Crippen LogP contribution in [0.3, 0.4) is 0 Å². The number of aliphatic hydroxyl groups excluding tert-OH is 1. The SMILES string of the molecule is CC1CCCC(CO)(NC2=NCCN2)C1. The molecule has 1 heterocycles. The summed E-state index contributed by atoms with van der Waals surface area (Å²) in [5.74, 6) is 1.57. The van der Waals surface area contributed by atoms with Crippen molar-refractivity contribution in [3.63, 3.8) is 0 Å². The molecule has 1 aliphatic carbocycles. The molecule has 0 amide bonds. The average Bonchev–Trinajstić information content (AvgIpc) is 2.70. The van der Waals surface area contributed by atoms with Crippen LogP contribution in [0.2, 0.25) is 0 Å². The quantitative estimate of drug-likeness (QED) is 0.622. The lowest BCUT2D eigenvalue weighted by Gasteiger charge is -2.39. The second kappa shape index (κ2) is 4.39. The Morgan fingerprint density at radius 2 is 2.53 bits per heavy atom. The van der Waals surface area contributed by atoms with Crippen LogP contribution in [0.1, 0.15) is 32.6 Å². The summed E-state index contributed by atoms with van der Waals surface area (Å²) in [6, 6.07) is 0. The van der Waals surface area contributed by atoms with Gasteiger partial charge in [-0.25, -0.2) is 0 Å². The van der Waals surface area contributed by atoms with Crippen LogP contribution in [0.25, 0.3) is 0 Å². The number of aliphatic hydroxyl groups is 1. The fourth-order valence-electron chi connectivity index (χ4n) is 2.69. The van der Waals surface area contributed by atoms with Crippen molar-refractivity contribution < 1.29 is 5.11 Å². The molecule has 3 N–H and O–H groups in total. The predicted octanol–water partition coefficient (Wildman–Crippen LogP) is 0.476. The Balaban J connectivity index is 2.00. The zero-order valence-electron chi connectivity index (χ0n) is 9.42. The summed E-state index contributed by atoms with van der Waals surface area (Å²) in [6.45, 7) is 4.23. The number of aliphatic imine (C=N–C) groups is 1. The van der Waals surface area contributed by atoms with Crippen molar-refractivity contribution in [2.45, 2.75) is 38.1 Å². The van der Waals surface area contributed by atoms with Crippen LogP contribution in [0.15, 0.2) is 4.99 Å². The van der Waals surface area contributed by atoms with Crippen LogP contribution in [0.4, 0.5) is 0 Å². The van der Waals surface area contributed by atoms with Gasteiger partial charge in [0.1, 0.15) is 0 Å². The van der Waals surface area contributed by atoms with Gasteiger partial charge >= 0.3 is 0 Å². The van der Waals surface area contributed by atoms with E-state index in [1.165, 1.54) is 12.8 Å². The maximum atomic E-state index is 9.57. The molecule has 2 atom stereocenters. The van der Waals surface area contributed by atoms with Crippen LogP contribution in [-0.2, 0) is 0 Å². The number of nitrogens with one attached hydrogen (secondary N) is 2. The molecule has 2 aliphatic rings. The fraction of sp³-hybridized carbons (Fsp3) is 0.909. The van der Waals surface area contributed by atoms with Gasteiger partial charge in [0.05, 0.1) is 18.7 Å². The molecular formula is C11H21N3O.